The molecule has 98 valence electrons. The van der Waals surface area contributed by atoms with E-state index in [1.54, 1.807) is 31.2 Å². The summed E-state index contributed by atoms with van der Waals surface area (Å²) in [4.78, 5) is 22.5. The van der Waals surface area contributed by atoms with E-state index in [1.807, 2.05) is 0 Å². The summed E-state index contributed by atoms with van der Waals surface area (Å²) in [5, 5.41) is 8.83. The van der Waals surface area contributed by atoms with Gasteiger partial charge in [-0.2, -0.15) is 0 Å². The number of benzene rings is 1. The van der Waals surface area contributed by atoms with Crippen LogP contribution in [0, 0.1) is 0 Å². The van der Waals surface area contributed by atoms with Crippen LogP contribution >= 0.6 is 0 Å². The van der Waals surface area contributed by atoms with Gasteiger partial charge in [0, 0.05) is 0 Å². The summed E-state index contributed by atoms with van der Waals surface area (Å²) >= 11 is 0. The van der Waals surface area contributed by atoms with Crippen LogP contribution in [0.2, 0.25) is 0 Å². The summed E-state index contributed by atoms with van der Waals surface area (Å²) in [7, 11) is 1.54. The lowest BCUT2D eigenvalue weighted by molar-refractivity contribution is -0.149. The Morgan fingerprint density at radius 3 is 2.33 bits per heavy atom. The zero-order valence-electron chi connectivity index (χ0n) is 10.4. The van der Waals surface area contributed by atoms with Crippen molar-refractivity contribution in [3.63, 3.8) is 0 Å². The maximum Gasteiger partial charge on any atom is 0.313 e. The van der Waals surface area contributed by atoms with Gasteiger partial charge in [-0.1, -0.05) is 12.1 Å². The standard InChI is InChI=1S/C13H16O5/c1-3-18-13(16)11(8-12(14)15)9-4-6-10(17-2)7-5-9/h4-7,11H,3,8H2,1-2H3,(H,14,15). The average molecular weight is 252 g/mol. The minimum atomic E-state index is -1.04. The van der Waals surface area contributed by atoms with E-state index >= 15 is 0 Å². The second kappa shape index (κ2) is 6.64. The molecule has 1 aromatic rings. The number of esters is 1. The molecular weight excluding hydrogens is 236 g/mol. The zero-order valence-corrected chi connectivity index (χ0v) is 10.4. The van der Waals surface area contributed by atoms with Crippen molar-refractivity contribution < 1.29 is 24.2 Å². The van der Waals surface area contributed by atoms with E-state index in [0.717, 1.165) is 0 Å². The molecule has 0 fully saturated rings. The van der Waals surface area contributed by atoms with Gasteiger partial charge in [-0.25, -0.2) is 0 Å². The van der Waals surface area contributed by atoms with E-state index in [4.69, 9.17) is 14.6 Å². The molecule has 1 aromatic carbocycles. The highest BCUT2D eigenvalue weighted by Crippen LogP contribution is 2.23. The third kappa shape index (κ3) is 3.76. The number of carbonyl (C=O) groups is 2. The second-order valence-electron chi connectivity index (χ2n) is 3.68. The fourth-order valence-corrected chi connectivity index (χ4v) is 1.59. The number of rotatable bonds is 6. The summed E-state index contributed by atoms with van der Waals surface area (Å²) in [6.07, 6.45) is -0.287. The molecule has 0 saturated heterocycles. The number of hydrogen-bond acceptors (Lipinski definition) is 4. The first-order chi connectivity index (χ1) is 8.58. The molecule has 0 saturated carbocycles. The minimum Gasteiger partial charge on any atom is -0.497 e. The first-order valence-electron chi connectivity index (χ1n) is 5.60. The number of methoxy groups -OCH3 is 1. The number of hydrogen-bond donors (Lipinski definition) is 1. The molecule has 0 aliphatic rings. The van der Waals surface area contributed by atoms with Gasteiger partial charge in [0.2, 0.25) is 0 Å². The molecule has 0 amide bonds. The first kappa shape index (κ1) is 14.0. The largest absolute Gasteiger partial charge is 0.497 e. The van der Waals surface area contributed by atoms with Crippen LogP contribution < -0.4 is 4.74 Å². The molecule has 0 aromatic heterocycles. The lowest BCUT2D eigenvalue weighted by atomic mass is 9.96. The van der Waals surface area contributed by atoms with Gasteiger partial charge in [-0.15, -0.1) is 0 Å². The lowest BCUT2D eigenvalue weighted by Gasteiger charge is -2.14. The van der Waals surface area contributed by atoms with Crippen molar-refractivity contribution in [3.8, 4) is 5.75 Å². The van der Waals surface area contributed by atoms with Crippen molar-refractivity contribution in [2.45, 2.75) is 19.3 Å². The predicted octanol–water partition coefficient (Wildman–Crippen LogP) is 1.82. The van der Waals surface area contributed by atoms with Crippen molar-refractivity contribution in [1.82, 2.24) is 0 Å². The summed E-state index contributed by atoms with van der Waals surface area (Å²) in [6.45, 7) is 1.91. The molecule has 5 nitrogen and oxygen atoms in total. The van der Waals surface area contributed by atoms with Gasteiger partial charge in [0.25, 0.3) is 0 Å². The van der Waals surface area contributed by atoms with E-state index in [2.05, 4.69) is 0 Å². The number of carbonyl (C=O) groups excluding carboxylic acids is 1. The van der Waals surface area contributed by atoms with Gasteiger partial charge in [-0.3, -0.25) is 9.59 Å². The quantitative estimate of drug-likeness (QED) is 0.782. The molecule has 0 spiro atoms. The van der Waals surface area contributed by atoms with E-state index in [0.29, 0.717) is 11.3 Å². The Labute approximate surface area is 105 Å². The molecule has 1 rings (SSSR count). The number of ether oxygens (including phenoxy) is 2. The summed E-state index contributed by atoms with van der Waals surface area (Å²) in [5.41, 5.74) is 0.608. The zero-order chi connectivity index (χ0) is 13.5. The Balaban J connectivity index is 2.93. The van der Waals surface area contributed by atoms with Crippen LogP contribution in [-0.4, -0.2) is 30.8 Å². The van der Waals surface area contributed by atoms with Gasteiger partial charge >= 0.3 is 11.9 Å². The molecule has 0 aliphatic heterocycles. The molecule has 18 heavy (non-hydrogen) atoms. The molecule has 5 heteroatoms. The van der Waals surface area contributed by atoms with Gasteiger partial charge in [0.1, 0.15) is 5.75 Å². The van der Waals surface area contributed by atoms with Crippen LogP contribution in [0.5, 0.6) is 5.75 Å². The normalized spacial score (nSPS) is 11.7. The van der Waals surface area contributed by atoms with E-state index in [9.17, 15) is 9.59 Å². The van der Waals surface area contributed by atoms with Crippen LogP contribution in [0.3, 0.4) is 0 Å². The molecule has 1 unspecified atom stereocenters. The summed E-state index contributed by atoms with van der Waals surface area (Å²) in [6, 6.07) is 6.71. The third-order valence-electron chi connectivity index (χ3n) is 2.47. The lowest BCUT2D eigenvalue weighted by Crippen LogP contribution is -2.19. The molecule has 1 atom stereocenters. The second-order valence-corrected chi connectivity index (χ2v) is 3.68. The number of carboxylic acid groups (broad SMARTS) is 1. The number of carboxylic acids is 1. The topological polar surface area (TPSA) is 72.8 Å². The Kier molecular flexibility index (Phi) is 5.17. The maximum absolute atomic E-state index is 11.7. The van der Waals surface area contributed by atoms with Crippen molar-refractivity contribution in [3.05, 3.63) is 29.8 Å². The number of aliphatic carboxylic acids is 1. The third-order valence-corrected chi connectivity index (χ3v) is 2.47. The monoisotopic (exact) mass is 252 g/mol. The van der Waals surface area contributed by atoms with E-state index in [1.165, 1.54) is 7.11 Å². The molecular formula is C13H16O5. The van der Waals surface area contributed by atoms with Gasteiger partial charge in [0.15, 0.2) is 0 Å². The van der Waals surface area contributed by atoms with Crippen LogP contribution in [0.1, 0.15) is 24.8 Å². The highest BCUT2D eigenvalue weighted by Gasteiger charge is 2.24. The molecule has 0 radical (unpaired) electrons. The van der Waals surface area contributed by atoms with Crippen molar-refractivity contribution >= 4 is 11.9 Å². The fraction of sp³-hybridized carbons (Fsp3) is 0.385. The van der Waals surface area contributed by atoms with Crippen LogP contribution in [0.25, 0.3) is 0 Å². The summed E-state index contributed by atoms with van der Waals surface area (Å²) < 4.78 is 9.89. The minimum absolute atomic E-state index is 0.227. The Bertz CT molecular complexity index is 410. The molecule has 1 N–H and O–H groups in total. The predicted molar refractivity (Wildman–Crippen MR) is 64.6 cm³/mol. The van der Waals surface area contributed by atoms with E-state index < -0.39 is 17.9 Å². The highest BCUT2D eigenvalue weighted by atomic mass is 16.5. The van der Waals surface area contributed by atoms with Crippen LogP contribution in [0.4, 0.5) is 0 Å². The van der Waals surface area contributed by atoms with Crippen molar-refractivity contribution in [1.29, 1.82) is 0 Å². The van der Waals surface area contributed by atoms with Gasteiger partial charge in [-0.05, 0) is 24.6 Å². The highest BCUT2D eigenvalue weighted by molar-refractivity contribution is 5.83. The van der Waals surface area contributed by atoms with Crippen molar-refractivity contribution in [2.75, 3.05) is 13.7 Å². The Morgan fingerprint density at radius 1 is 1.28 bits per heavy atom. The Morgan fingerprint density at radius 2 is 1.89 bits per heavy atom. The maximum atomic E-state index is 11.7. The van der Waals surface area contributed by atoms with Crippen molar-refractivity contribution in [2.24, 2.45) is 0 Å². The average Bonchev–Trinajstić information content (AvgIpc) is 2.36. The van der Waals surface area contributed by atoms with Crippen LogP contribution in [0.15, 0.2) is 24.3 Å². The van der Waals surface area contributed by atoms with Gasteiger partial charge < -0.3 is 14.6 Å². The fourth-order valence-electron chi connectivity index (χ4n) is 1.59. The molecule has 0 bridgehead atoms. The SMILES string of the molecule is CCOC(=O)C(CC(=O)O)c1ccc(OC)cc1. The van der Waals surface area contributed by atoms with E-state index in [-0.39, 0.29) is 13.0 Å². The summed E-state index contributed by atoms with van der Waals surface area (Å²) in [5.74, 6) is -1.70. The molecule has 0 heterocycles. The molecule has 0 aliphatic carbocycles. The smallest absolute Gasteiger partial charge is 0.313 e. The first-order valence-corrected chi connectivity index (χ1v) is 5.60. The Hall–Kier alpha value is -2.04. The van der Waals surface area contributed by atoms with Gasteiger partial charge in [0.05, 0.1) is 26.1 Å². The van der Waals surface area contributed by atoms with Crippen LogP contribution in [-0.2, 0) is 14.3 Å².